The van der Waals surface area contributed by atoms with E-state index in [0.29, 0.717) is 5.69 Å². The Balaban J connectivity index is 1.72. The molecule has 0 unspecified atom stereocenters. The number of nitrogens with zero attached hydrogens (tertiary/aromatic N) is 1. The van der Waals surface area contributed by atoms with E-state index in [1.807, 2.05) is 6.07 Å². The molecule has 2 aromatic rings. The van der Waals surface area contributed by atoms with Crippen molar-refractivity contribution in [3.63, 3.8) is 0 Å². The molecule has 8 nitrogen and oxygen atoms in total. The van der Waals surface area contributed by atoms with Crippen molar-refractivity contribution in [3.8, 4) is 0 Å². The van der Waals surface area contributed by atoms with Crippen molar-refractivity contribution >= 4 is 40.8 Å². The number of anilines is 1. The van der Waals surface area contributed by atoms with Gasteiger partial charge in [0.05, 0.1) is 16.2 Å². The molecular formula is C17H14N4O4S. The minimum atomic E-state index is -0.548. The number of Topliss-reactive ketones (excluding diaryl/α,β-unsaturated/α-hetero) is 1. The van der Waals surface area contributed by atoms with Crippen LogP contribution >= 0.6 is 11.8 Å². The van der Waals surface area contributed by atoms with Crippen LogP contribution < -0.4 is 10.6 Å². The maximum absolute atomic E-state index is 12.6. The van der Waals surface area contributed by atoms with Crippen molar-refractivity contribution in [2.75, 3.05) is 18.1 Å². The predicted molar refractivity (Wildman–Crippen MR) is 96.3 cm³/mol. The first-order valence-electron chi connectivity index (χ1n) is 7.60. The molecule has 0 atom stereocenters. The van der Waals surface area contributed by atoms with E-state index in [-0.39, 0.29) is 33.5 Å². The number of nitrogens with one attached hydrogen (secondary N) is 3. The second-order valence-electron chi connectivity index (χ2n) is 5.31. The van der Waals surface area contributed by atoms with E-state index >= 15 is 0 Å². The molecular weight excluding hydrogens is 356 g/mol. The minimum absolute atomic E-state index is 0.0533. The van der Waals surface area contributed by atoms with Gasteiger partial charge in [-0.05, 0) is 12.1 Å². The Kier molecular flexibility index (Phi) is 4.99. The summed E-state index contributed by atoms with van der Waals surface area (Å²) in [5.74, 6) is -1.91. The Labute approximate surface area is 152 Å². The zero-order chi connectivity index (χ0) is 18.7. The van der Waals surface area contributed by atoms with Crippen molar-refractivity contribution in [1.29, 1.82) is 0 Å². The number of hydrogen-bond donors (Lipinski definition) is 3. The van der Waals surface area contributed by atoms with E-state index in [0.717, 1.165) is 17.8 Å². The Hall–Kier alpha value is -3.20. The summed E-state index contributed by atoms with van der Waals surface area (Å²) in [5, 5.41) is 11.2. The molecule has 0 saturated heterocycles. The molecule has 0 saturated carbocycles. The number of fused-ring (bicyclic) bond motifs is 1. The molecule has 9 heteroatoms. The molecule has 132 valence electrons. The number of rotatable bonds is 5. The minimum Gasteiger partial charge on any atom is -0.354 e. The molecule has 1 aromatic carbocycles. The van der Waals surface area contributed by atoms with E-state index in [1.165, 1.54) is 7.05 Å². The van der Waals surface area contributed by atoms with Crippen LogP contribution in [0.4, 0.5) is 5.69 Å². The first-order chi connectivity index (χ1) is 12.5. The zero-order valence-electron chi connectivity index (χ0n) is 13.7. The van der Waals surface area contributed by atoms with Gasteiger partial charge in [-0.15, -0.1) is 11.8 Å². The maximum Gasteiger partial charge on any atom is 0.269 e. The number of H-pyrrole nitrogens is 1. The quantitative estimate of drug-likeness (QED) is 0.732. The van der Waals surface area contributed by atoms with Crippen LogP contribution in [0.2, 0.25) is 0 Å². The number of ketones is 2. The first-order valence-corrected chi connectivity index (χ1v) is 8.58. The van der Waals surface area contributed by atoms with Gasteiger partial charge in [0.25, 0.3) is 5.91 Å². The molecule has 0 aliphatic heterocycles. The average molecular weight is 370 g/mol. The number of allylic oxidation sites excluding steroid dienone is 2. The molecule has 0 radical (unpaired) electrons. The number of benzene rings is 1. The summed E-state index contributed by atoms with van der Waals surface area (Å²) in [6.07, 6.45) is 1.14. The molecule has 2 amide bonds. The zero-order valence-corrected chi connectivity index (χ0v) is 14.5. The van der Waals surface area contributed by atoms with Gasteiger partial charge < -0.3 is 10.6 Å². The lowest BCUT2D eigenvalue weighted by Gasteiger charge is -2.11. The summed E-state index contributed by atoms with van der Waals surface area (Å²) in [4.78, 5) is 48.7. The highest BCUT2D eigenvalue weighted by Crippen LogP contribution is 2.29. The standard InChI is InChI=1S/C17H14N4O4S/c1-18-17(25)15-13-14(20-21-15)10(22)7-11(16(13)24)26-8-12(23)19-9-5-3-2-4-6-9/h2-7H,8H2,1H3,(H,18,25)(H,19,23)(H,20,21). The first kappa shape index (κ1) is 17.6. The van der Waals surface area contributed by atoms with Gasteiger partial charge >= 0.3 is 0 Å². The van der Waals surface area contributed by atoms with Crippen molar-refractivity contribution < 1.29 is 19.2 Å². The fourth-order valence-electron chi connectivity index (χ4n) is 2.38. The molecule has 0 fully saturated rings. The smallest absolute Gasteiger partial charge is 0.269 e. The largest absolute Gasteiger partial charge is 0.354 e. The van der Waals surface area contributed by atoms with E-state index in [1.54, 1.807) is 24.3 Å². The van der Waals surface area contributed by atoms with Gasteiger partial charge in [-0.3, -0.25) is 24.3 Å². The maximum atomic E-state index is 12.6. The van der Waals surface area contributed by atoms with Crippen LogP contribution in [0.25, 0.3) is 0 Å². The number of hydrogen-bond acceptors (Lipinski definition) is 6. The van der Waals surface area contributed by atoms with Gasteiger partial charge in [-0.2, -0.15) is 5.10 Å². The number of carbonyl (C=O) groups is 4. The number of para-hydroxylation sites is 1. The Morgan fingerprint density at radius 1 is 1.19 bits per heavy atom. The van der Waals surface area contributed by atoms with Crippen molar-refractivity contribution in [3.05, 3.63) is 58.3 Å². The average Bonchev–Trinajstić information content (AvgIpc) is 3.09. The summed E-state index contributed by atoms with van der Waals surface area (Å²) in [5.41, 5.74) is 0.410. The molecule has 1 aliphatic rings. The van der Waals surface area contributed by atoms with Gasteiger partial charge in [-0.25, -0.2) is 0 Å². The lowest BCUT2D eigenvalue weighted by atomic mass is 9.99. The molecule has 1 aliphatic carbocycles. The van der Waals surface area contributed by atoms with Gasteiger partial charge in [-0.1, -0.05) is 18.2 Å². The summed E-state index contributed by atoms with van der Waals surface area (Å²) in [6.45, 7) is 0. The predicted octanol–water partition coefficient (Wildman–Crippen LogP) is 1.40. The number of aromatic amines is 1. The summed E-state index contributed by atoms with van der Waals surface area (Å²) in [7, 11) is 1.41. The lowest BCUT2D eigenvalue weighted by molar-refractivity contribution is -0.113. The molecule has 26 heavy (non-hydrogen) atoms. The third kappa shape index (κ3) is 3.42. The van der Waals surface area contributed by atoms with Crippen molar-refractivity contribution in [2.45, 2.75) is 0 Å². The van der Waals surface area contributed by atoms with Crippen LogP contribution in [0.15, 0.2) is 41.3 Å². The third-order valence-electron chi connectivity index (χ3n) is 3.58. The van der Waals surface area contributed by atoms with Gasteiger partial charge in [0.2, 0.25) is 17.5 Å². The fourth-order valence-corrected chi connectivity index (χ4v) is 3.16. The number of amides is 2. The number of aromatic nitrogens is 2. The molecule has 0 bridgehead atoms. The highest BCUT2D eigenvalue weighted by molar-refractivity contribution is 8.04. The second kappa shape index (κ2) is 7.36. The molecule has 3 rings (SSSR count). The molecule has 1 heterocycles. The summed E-state index contributed by atoms with van der Waals surface area (Å²) in [6, 6.07) is 8.88. The Morgan fingerprint density at radius 2 is 1.92 bits per heavy atom. The van der Waals surface area contributed by atoms with Crippen LogP contribution in [0.3, 0.4) is 0 Å². The van der Waals surface area contributed by atoms with Gasteiger partial charge in [0.15, 0.2) is 0 Å². The summed E-state index contributed by atoms with van der Waals surface area (Å²) >= 11 is 0.937. The Bertz CT molecular complexity index is 933. The molecule has 0 spiro atoms. The van der Waals surface area contributed by atoms with Crippen molar-refractivity contribution in [1.82, 2.24) is 15.5 Å². The highest BCUT2D eigenvalue weighted by Gasteiger charge is 2.33. The fraction of sp³-hybridized carbons (Fsp3) is 0.118. The van der Waals surface area contributed by atoms with Crippen LogP contribution in [-0.2, 0) is 4.79 Å². The Morgan fingerprint density at radius 3 is 2.62 bits per heavy atom. The van der Waals surface area contributed by atoms with Crippen LogP contribution in [0, 0.1) is 0 Å². The number of thioether (sulfide) groups is 1. The van der Waals surface area contributed by atoms with Crippen molar-refractivity contribution in [2.24, 2.45) is 0 Å². The van der Waals surface area contributed by atoms with Crippen LogP contribution in [-0.4, -0.2) is 46.4 Å². The van der Waals surface area contributed by atoms with E-state index < -0.39 is 17.5 Å². The topological polar surface area (TPSA) is 121 Å². The van der Waals surface area contributed by atoms with Crippen LogP contribution in [0.1, 0.15) is 31.3 Å². The van der Waals surface area contributed by atoms with E-state index in [9.17, 15) is 19.2 Å². The lowest BCUT2D eigenvalue weighted by Crippen LogP contribution is -2.24. The summed E-state index contributed by atoms with van der Waals surface area (Å²) < 4.78 is 0. The third-order valence-corrected chi connectivity index (χ3v) is 4.60. The number of carbonyl (C=O) groups excluding carboxylic acids is 4. The highest BCUT2D eigenvalue weighted by atomic mass is 32.2. The second-order valence-corrected chi connectivity index (χ2v) is 6.32. The SMILES string of the molecule is CNC(=O)c1[nH]nc2c1C(=O)C(SCC(=O)Nc1ccccc1)=CC2=O. The van der Waals surface area contributed by atoms with Crippen LogP contribution in [0.5, 0.6) is 0 Å². The normalized spacial score (nSPS) is 13.0. The molecule has 1 aromatic heterocycles. The molecule has 3 N–H and O–H groups in total. The monoisotopic (exact) mass is 370 g/mol. The van der Waals surface area contributed by atoms with E-state index in [4.69, 9.17) is 0 Å². The van der Waals surface area contributed by atoms with E-state index in [2.05, 4.69) is 20.8 Å². The van der Waals surface area contributed by atoms with Gasteiger partial charge in [0, 0.05) is 18.8 Å². The van der Waals surface area contributed by atoms with Gasteiger partial charge in [0.1, 0.15) is 11.4 Å².